The predicted octanol–water partition coefficient (Wildman–Crippen LogP) is 4.36. The summed E-state index contributed by atoms with van der Waals surface area (Å²) in [4.78, 5) is 0. The van der Waals surface area contributed by atoms with Gasteiger partial charge >= 0.3 is 6.36 Å². The second-order valence-corrected chi connectivity index (χ2v) is 3.79. The Morgan fingerprint density at radius 3 is 1.70 bits per heavy atom. The van der Waals surface area contributed by atoms with Crippen molar-refractivity contribution in [2.75, 3.05) is 0 Å². The maximum Gasteiger partial charge on any atom is 0.573 e. The molecule has 0 amide bonds. The first-order chi connectivity index (χ1) is 9.46. The second kappa shape index (κ2) is 5.57. The van der Waals surface area contributed by atoms with Crippen molar-refractivity contribution in [3.05, 3.63) is 54.1 Å². The lowest BCUT2D eigenvalue weighted by molar-refractivity contribution is -0.274. The lowest BCUT2D eigenvalue weighted by Gasteiger charge is -2.10. The molecule has 2 aromatic carbocycles. The number of alkyl halides is 3. The second-order valence-electron chi connectivity index (χ2n) is 3.79. The average Bonchev–Trinajstić information content (AvgIpc) is 2.40. The summed E-state index contributed by atoms with van der Waals surface area (Å²) in [7, 11) is 0. The van der Waals surface area contributed by atoms with Gasteiger partial charge in [0.2, 0.25) is 0 Å². The summed E-state index contributed by atoms with van der Waals surface area (Å²) < 4.78 is 45.2. The van der Waals surface area contributed by atoms with Gasteiger partial charge in [0.1, 0.15) is 17.2 Å². The summed E-state index contributed by atoms with van der Waals surface area (Å²) in [6.45, 7) is 0. The van der Waals surface area contributed by atoms with Crippen LogP contribution in [0.3, 0.4) is 0 Å². The molecule has 0 aliphatic rings. The van der Waals surface area contributed by atoms with Crippen molar-refractivity contribution in [2.24, 2.45) is 0 Å². The average molecular weight is 278 g/mol. The van der Waals surface area contributed by atoms with Gasteiger partial charge < -0.3 is 9.47 Å². The molecule has 0 aromatic heterocycles. The number of rotatable bonds is 3. The molecule has 2 rings (SSSR count). The fourth-order valence-corrected chi connectivity index (χ4v) is 1.46. The molecule has 0 fully saturated rings. The summed E-state index contributed by atoms with van der Waals surface area (Å²) in [5.41, 5.74) is 0.714. The molecule has 0 saturated carbocycles. The Hall–Kier alpha value is -2.61. The van der Waals surface area contributed by atoms with E-state index in [2.05, 4.69) is 10.7 Å². The van der Waals surface area contributed by atoms with Crippen molar-refractivity contribution in [3.63, 3.8) is 0 Å². The molecule has 0 heterocycles. The van der Waals surface area contributed by atoms with Crippen LogP contribution >= 0.6 is 0 Å². The Bertz CT molecular complexity index is 608. The van der Waals surface area contributed by atoms with E-state index in [1.165, 1.54) is 24.3 Å². The van der Waals surface area contributed by atoms with Gasteiger partial charge in [-0.2, -0.15) is 0 Å². The smallest absolute Gasteiger partial charge is 0.457 e. The third-order valence-electron chi connectivity index (χ3n) is 2.31. The number of hydrogen-bond donors (Lipinski definition) is 0. The maximum absolute atomic E-state index is 12.0. The van der Waals surface area contributed by atoms with E-state index in [0.717, 1.165) is 0 Å². The minimum Gasteiger partial charge on any atom is -0.457 e. The highest BCUT2D eigenvalue weighted by molar-refractivity contribution is 5.39. The molecule has 2 nitrogen and oxygen atoms in total. The van der Waals surface area contributed by atoms with Crippen molar-refractivity contribution in [3.8, 4) is 29.6 Å². The Labute approximate surface area is 113 Å². The van der Waals surface area contributed by atoms with Crippen LogP contribution < -0.4 is 9.47 Å². The first kappa shape index (κ1) is 13.8. The van der Waals surface area contributed by atoms with Crippen molar-refractivity contribution < 1.29 is 22.6 Å². The molecule has 0 aliphatic heterocycles. The molecule has 2 aromatic rings. The molecule has 5 heteroatoms. The highest BCUT2D eigenvalue weighted by Gasteiger charge is 2.30. The first-order valence-electron chi connectivity index (χ1n) is 5.56. The minimum absolute atomic E-state index is 0.299. The fourth-order valence-electron chi connectivity index (χ4n) is 1.46. The Balaban J connectivity index is 2.05. The largest absolute Gasteiger partial charge is 0.573 e. The quantitative estimate of drug-likeness (QED) is 0.777. The Morgan fingerprint density at radius 1 is 0.800 bits per heavy atom. The molecule has 0 unspecified atom stereocenters. The topological polar surface area (TPSA) is 18.5 Å². The van der Waals surface area contributed by atoms with Crippen LogP contribution in [0, 0.1) is 12.3 Å². The van der Waals surface area contributed by atoms with Crippen molar-refractivity contribution in [1.29, 1.82) is 0 Å². The standard InChI is InChI=1S/C15H9F3O2/c1-2-11-3-5-12(6-4-11)19-13-7-9-14(10-8-13)20-15(16,17)18/h1,3-10H. The number of hydrogen-bond acceptors (Lipinski definition) is 2. The van der Waals surface area contributed by atoms with Gasteiger partial charge in [-0.25, -0.2) is 0 Å². The molecule has 0 N–H and O–H groups in total. The molecule has 0 atom stereocenters. The third-order valence-corrected chi connectivity index (χ3v) is 2.31. The van der Waals surface area contributed by atoms with Gasteiger partial charge in [-0.1, -0.05) is 5.92 Å². The van der Waals surface area contributed by atoms with Gasteiger partial charge in [0.05, 0.1) is 0 Å². The van der Waals surface area contributed by atoms with Crippen molar-refractivity contribution >= 4 is 0 Å². The summed E-state index contributed by atoms with van der Waals surface area (Å²) >= 11 is 0. The summed E-state index contributed by atoms with van der Waals surface area (Å²) in [6.07, 6.45) is 0.522. The zero-order valence-electron chi connectivity index (χ0n) is 10.1. The molecule has 0 spiro atoms. The molecule has 102 valence electrons. The van der Waals surface area contributed by atoms with E-state index in [-0.39, 0.29) is 5.75 Å². The zero-order chi connectivity index (χ0) is 14.6. The summed E-state index contributed by atoms with van der Waals surface area (Å²) in [6, 6.07) is 11.9. The summed E-state index contributed by atoms with van der Waals surface area (Å²) in [5.74, 6) is 3.10. The van der Waals surface area contributed by atoms with Gasteiger partial charge in [0, 0.05) is 5.56 Å². The van der Waals surface area contributed by atoms with E-state index in [1.807, 2.05) is 0 Å². The van der Waals surface area contributed by atoms with Crippen LogP contribution in [-0.4, -0.2) is 6.36 Å². The molecule has 0 bridgehead atoms. The third kappa shape index (κ3) is 3.95. The van der Waals surface area contributed by atoms with Crippen LogP contribution in [0.5, 0.6) is 17.2 Å². The lowest BCUT2D eigenvalue weighted by atomic mass is 10.2. The molecular weight excluding hydrogens is 269 g/mol. The van der Waals surface area contributed by atoms with Crippen LogP contribution in [0.1, 0.15) is 5.56 Å². The van der Waals surface area contributed by atoms with Gasteiger partial charge in [-0.15, -0.1) is 19.6 Å². The molecular formula is C15H9F3O2. The van der Waals surface area contributed by atoms with Crippen LogP contribution in [-0.2, 0) is 0 Å². The number of ether oxygens (including phenoxy) is 2. The molecule has 20 heavy (non-hydrogen) atoms. The van der Waals surface area contributed by atoms with Gasteiger partial charge in [-0.3, -0.25) is 0 Å². The van der Waals surface area contributed by atoms with E-state index in [1.54, 1.807) is 24.3 Å². The van der Waals surface area contributed by atoms with E-state index in [0.29, 0.717) is 17.1 Å². The molecule has 0 saturated heterocycles. The van der Waals surface area contributed by atoms with Gasteiger partial charge in [0.15, 0.2) is 0 Å². The van der Waals surface area contributed by atoms with E-state index < -0.39 is 6.36 Å². The van der Waals surface area contributed by atoms with E-state index in [9.17, 15) is 13.2 Å². The van der Waals surface area contributed by atoms with Crippen LogP contribution in [0.4, 0.5) is 13.2 Å². The highest BCUT2D eigenvalue weighted by Crippen LogP contribution is 2.27. The number of benzene rings is 2. The van der Waals surface area contributed by atoms with E-state index >= 15 is 0 Å². The fraction of sp³-hybridized carbons (Fsp3) is 0.0667. The highest BCUT2D eigenvalue weighted by atomic mass is 19.4. The van der Waals surface area contributed by atoms with Crippen molar-refractivity contribution in [1.82, 2.24) is 0 Å². The normalized spacial score (nSPS) is 10.7. The van der Waals surface area contributed by atoms with E-state index in [4.69, 9.17) is 11.2 Å². The van der Waals surface area contributed by atoms with Gasteiger partial charge in [0.25, 0.3) is 0 Å². The maximum atomic E-state index is 12.0. The first-order valence-corrected chi connectivity index (χ1v) is 5.56. The lowest BCUT2D eigenvalue weighted by Crippen LogP contribution is -2.16. The monoisotopic (exact) mass is 278 g/mol. The Kier molecular flexibility index (Phi) is 3.85. The van der Waals surface area contributed by atoms with Crippen LogP contribution in [0.25, 0.3) is 0 Å². The van der Waals surface area contributed by atoms with Gasteiger partial charge in [-0.05, 0) is 48.5 Å². The Morgan fingerprint density at radius 2 is 1.25 bits per heavy atom. The predicted molar refractivity (Wildman–Crippen MR) is 67.6 cm³/mol. The SMILES string of the molecule is C#Cc1ccc(Oc2ccc(OC(F)(F)F)cc2)cc1. The van der Waals surface area contributed by atoms with Crippen molar-refractivity contribution in [2.45, 2.75) is 6.36 Å². The van der Waals surface area contributed by atoms with Crippen LogP contribution in [0.15, 0.2) is 48.5 Å². The number of terminal acetylenes is 1. The summed E-state index contributed by atoms with van der Waals surface area (Å²) in [5, 5.41) is 0. The minimum atomic E-state index is -4.70. The zero-order valence-corrected chi connectivity index (χ0v) is 10.1. The number of halogens is 3. The van der Waals surface area contributed by atoms with Crippen LogP contribution in [0.2, 0.25) is 0 Å². The molecule has 0 radical (unpaired) electrons. The molecule has 0 aliphatic carbocycles.